The van der Waals surface area contributed by atoms with Crippen LogP contribution < -0.4 is 10.1 Å². The minimum absolute atomic E-state index is 0.101. The van der Waals surface area contributed by atoms with E-state index in [1.165, 1.54) is 7.11 Å². The molecular formula is C16H18N2O4. The van der Waals surface area contributed by atoms with Crippen LogP contribution in [0.25, 0.3) is 0 Å². The topological polar surface area (TPSA) is 88.4 Å². The molecule has 2 atom stereocenters. The van der Waals surface area contributed by atoms with Crippen molar-refractivity contribution in [2.75, 3.05) is 19.0 Å². The molecule has 2 rings (SSSR count). The second kappa shape index (κ2) is 7.57. The first-order valence-corrected chi connectivity index (χ1v) is 7.13. The SMILES string of the molecule is COc1cccc(NC(=O)[C@H](C#N)C(=O)C[C@H]2CCCO2)c1. The monoisotopic (exact) mass is 302 g/mol. The lowest BCUT2D eigenvalue weighted by molar-refractivity contribution is -0.130. The number of hydrogen-bond donors (Lipinski definition) is 1. The van der Waals surface area contributed by atoms with Gasteiger partial charge in [0.25, 0.3) is 0 Å². The molecule has 6 heteroatoms. The second-order valence-electron chi connectivity index (χ2n) is 5.09. The first kappa shape index (κ1) is 16.0. The van der Waals surface area contributed by atoms with Gasteiger partial charge in [0.15, 0.2) is 11.7 Å². The average molecular weight is 302 g/mol. The summed E-state index contributed by atoms with van der Waals surface area (Å²) in [6.07, 6.45) is 1.63. The largest absolute Gasteiger partial charge is 0.497 e. The molecule has 116 valence electrons. The van der Waals surface area contributed by atoms with Gasteiger partial charge in [0.2, 0.25) is 5.91 Å². The first-order chi connectivity index (χ1) is 10.6. The van der Waals surface area contributed by atoms with Crippen molar-refractivity contribution < 1.29 is 19.1 Å². The molecule has 0 spiro atoms. The van der Waals surface area contributed by atoms with Crippen molar-refractivity contribution in [1.29, 1.82) is 5.26 Å². The van der Waals surface area contributed by atoms with E-state index in [0.29, 0.717) is 18.0 Å². The lowest BCUT2D eigenvalue weighted by Crippen LogP contribution is -2.30. The summed E-state index contributed by atoms with van der Waals surface area (Å²) in [5, 5.41) is 11.7. The van der Waals surface area contributed by atoms with Crippen molar-refractivity contribution in [3.63, 3.8) is 0 Å². The van der Waals surface area contributed by atoms with Gasteiger partial charge in [-0.15, -0.1) is 0 Å². The van der Waals surface area contributed by atoms with Crippen LogP contribution in [-0.4, -0.2) is 31.5 Å². The molecule has 1 fully saturated rings. The summed E-state index contributed by atoms with van der Waals surface area (Å²) in [6, 6.07) is 8.51. The van der Waals surface area contributed by atoms with Gasteiger partial charge in [-0.25, -0.2) is 0 Å². The molecule has 1 saturated heterocycles. The molecule has 1 amide bonds. The van der Waals surface area contributed by atoms with Gasteiger partial charge < -0.3 is 14.8 Å². The van der Waals surface area contributed by atoms with Crippen LogP contribution in [0, 0.1) is 17.2 Å². The summed E-state index contributed by atoms with van der Waals surface area (Å²) < 4.78 is 10.4. The summed E-state index contributed by atoms with van der Waals surface area (Å²) in [5.41, 5.74) is 0.481. The molecule has 6 nitrogen and oxygen atoms in total. The zero-order valence-corrected chi connectivity index (χ0v) is 12.4. The van der Waals surface area contributed by atoms with Crippen molar-refractivity contribution in [2.24, 2.45) is 5.92 Å². The summed E-state index contributed by atoms with van der Waals surface area (Å²) >= 11 is 0. The third-order valence-electron chi connectivity index (χ3n) is 3.50. The number of rotatable bonds is 6. The maximum atomic E-state index is 12.1. The van der Waals surface area contributed by atoms with Crippen molar-refractivity contribution >= 4 is 17.4 Å². The molecule has 1 aromatic rings. The Hall–Kier alpha value is -2.39. The predicted molar refractivity (Wildman–Crippen MR) is 79.3 cm³/mol. The van der Waals surface area contributed by atoms with E-state index in [2.05, 4.69) is 5.32 Å². The number of amides is 1. The van der Waals surface area contributed by atoms with E-state index < -0.39 is 17.6 Å². The smallest absolute Gasteiger partial charge is 0.249 e. The zero-order valence-electron chi connectivity index (χ0n) is 12.4. The number of hydrogen-bond acceptors (Lipinski definition) is 5. The molecule has 0 aromatic heterocycles. The number of nitrogens with zero attached hydrogens (tertiary/aromatic N) is 1. The van der Waals surface area contributed by atoms with Crippen molar-refractivity contribution in [3.05, 3.63) is 24.3 Å². The molecule has 1 aliphatic rings. The number of Topliss-reactive ketones (excluding diaryl/α,β-unsaturated/α-hetero) is 1. The Morgan fingerprint density at radius 3 is 3.00 bits per heavy atom. The number of ketones is 1. The lowest BCUT2D eigenvalue weighted by atomic mass is 9.98. The number of nitrogens with one attached hydrogen (secondary N) is 1. The number of anilines is 1. The van der Waals surface area contributed by atoms with E-state index >= 15 is 0 Å². The van der Waals surface area contributed by atoms with E-state index in [0.717, 1.165) is 12.8 Å². The van der Waals surface area contributed by atoms with Gasteiger partial charge >= 0.3 is 0 Å². The second-order valence-corrected chi connectivity index (χ2v) is 5.09. The quantitative estimate of drug-likeness (QED) is 0.811. The molecule has 22 heavy (non-hydrogen) atoms. The highest BCUT2D eigenvalue weighted by Gasteiger charge is 2.30. The highest BCUT2D eigenvalue weighted by Crippen LogP contribution is 2.20. The van der Waals surface area contributed by atoms with E-state index in [1.807, 2.05) is 0 Å². The molecule has 0 radical (unpaired) electrons. The maximum absolute atomic E-state index is 12.1. The fourth-order valence-electron chi connectivity index (χ4n) is 2.34. The van der Waals surface area contributed by atoms with Crippen LogP contribution in [0.1, 0.15) is 19.3 Å². The van der Waals surface area contributed by atoms with Gasteiger partial charge in [-0.1, -0.05) is 6.07 Å². The Balaban J connectivity index is 1.98. The summed E-state index contributed by atoms with van der Waals surface area (Å²) in [6.45, 7) is 0.630. The van der Waals surface area contributed by atoms with Crippen LogP contribution in [0.15, 0.2) is 24.3 Å². The van der Waals surface area contributed by atoms with E-state index in [1.54, 1.807) is 30.3 Å². The van der Waals surface area contributed by atoms with Crippen LogP contribution in [0.5, 0.6) is 5.75 Å². The molecule has 1 aromatic carbocycles. The zero-order chi connectivity index (χ0) is 15.9. The first-order valence-electron chi connectivity index (χ1n) is 7.13. The maximum Gasteiger partial charge on any atom is 0.249 e. The highest BCUT2D eigenvalue weighted by molar-refractivity contribution is 6.09. The fourth-order valence-corrected chi connectivity index (χ4v) is 2.34. The minimum atomic E-state index is -1.32. The van der Waals surface area contributed by atoms with E-state index in [4.69, 9.17) is 14.7 Å². The average Bonchev–Trinajstić information content (AvgIpc) is 3.01. The van der Waals surface area contributed by atoms with Crippen molar-refractivity contribution in [1.82, 2.24) is 0 Å². The van der Waals surface area contributed by atoms with E-state index in [-0.39, 0.29) is 12.5 Å². The molecule has 0 saturated carbocycles. The number of nitriles is 1. The van der Waals surface area contributed by atoms with Gasteiger partial charge in [-0.2, -0.15) is 5.26 Å². The minimum Gasteiger partial charge on any atom is -0.497 e. The van der Waals surface area contributed by atoms with Crippen LogP contribution in [0.4, 0.5) is 5.69 Å². The standard InChI is InChI=1S/C16H18N2O4/c1-21-12-5-2-4-11(8-12)18-16(20)14(10-17)15(19)9-13-6-3-7-22-13/h2,4-5,8,13-14H,3,6-7,9H2,1H3,(H,18,20)/t13-,14-/m1/s1. The molecule has 0 bridgehead atoms. The summed E-state index contributed by atoms with van der Waals surface area (Å²) in [5.74, 6) is -1.78. The molecule has 1 aliphatic heterocycles. The van der Waals surface area contributed by atoms with Gasteiger partial charge in [0.1, 0.15) is 5.75 Å². The number of ether oxygens (including phenoxy) is 2. The number of carbonyl (C=O) groups is 2. The third kappa shape index (κ3) is 4.06. The highest BCUT2D eigenvalue weighted by atomic mass is 16.5. The molecule has 1 heterocycles. The fraction of sp³-hybridized carbons (Fsp3) is 0.438. The van der Waals surface area contributed by atoms with E-state index in [9.17, 15) is 9.59 Å². The molecule has 1 N–H and O–H groups in total. The summed E-state index contributed by atoms with van der Waals surface area (Å²) in [4.78, 5) is 24.2. The Labute approximate surface area is 129 Å². The molecular weight excluding hydrogens is 284 g/mol. The van der Waals surface area contributed by atoms with Gasteiger partial charge in [-0.05, 0) is 25.0 Å². The predicted octanol–water partition coefficient (Wildman–Crippen LogP) is 1.91. The van der Waals surface area contributed by atoms with Crippen molar-refractivity contribution in [3.8, 4) is 11.8 Å². The normalized spacial score (nSPS) is 18.3. The van der Waals surface area contributed by atoms with Crippen LogP contribution in [0.2, 0.25) is 0 Å². The third-order valence-corrected chi connectivity index (χ3v) is 3.50. The number of carbonyl (C=O) groups excluding carboxylic acids is 2. The van der Waals surface area contributed by atoms with Crippen LogP contribution >= 0.6 is 0 Å². The Bertz CT molecular complexity index is 588. The molecule has 0 unspecified atom stereocenters. The Morgan fingerprint density at radius 1 is 1.55 bits per heavy atom. The van der Waals surface area contributed by atoms with Crippen LogP contribution in [0.3, 0.4) is 0 Å². The van der Waals surface area contributed by atoms with Gasteiger partial charge in [0.05, 0.1) is 19.3 Å². The Kier molecular flexibility index (Phi) is 5.50. The molecule has 0 aliphatic carbocycles. The number of methoxy groups -OCH3 is 1. The van der Waals surface area contributed by atoms with Crippen LogP contribution in [-0.2, 0) is 14.3 Å². The van der Waals surface area contributed by atoms with Gasteiger partial charge in [0, 0.05) is 24.8 Å². The lowest BCUT2D eigenvalue weighted by Gasteiger charge is -2.12. The number of benzene rings is 1. The Morgan fingerprint density at radius 2 is 2.36 bits per heavy atom. The summed E-state index contributed by atoms with van der Waals surface area (Å²) in [7, 11) is 1.52. The van der Waals surface area contributed by atoms with Gasteiger partial charge in [-0.3, -0.25) is 9.59 Å². The van der Waals surface area contributed by atoms with Crippen molar-refractivity contribution in [2.45, 2.75) is 25.4 Å².